The number of hydrogen-bond donors (Lipinski definition) is 2. The Bertz CT molecular complexity index is 1440. The highest BCUT2D eigenvalue weighted by atomic mass is 32.1. The minimum absolute atomic E-state index is 0.0290. The van der Waals surface area contributed by atoms with E-state index in [1.807, 2.05) is 36.4 Å². The van der Waals surface area contributed by atoms with Crippen LogP contribution in [0.2, 0.25) is 0 Å². The largest absolute Gasteiger partial charge is 0.493 e. The van der Waals surface area contributed by atoms with Crippen molar-refractivity contribution in [2.75, 3.05) is 20.8 Å². The normalized spacial score (nSPS) is 11.7. The molecule has 1 aromatic heterocycles. The van der Waals surface area contributed by atoms with Gasteiger partial charge in [-0.1, -0.05) is 54.6 Å². The topological polar surface area (TPSA) is 66.6 Å². The number of aromatic nitrogens is 1. The third kappa shape index (κ3) is 6.30. The van der Waals surface area contributed by atoms with Crippen LogP contribution in [0.25, 0.3) is 10.9 Å². The standard InChI is InChI=1S/C30H33N3O3S/c1-20-10-8-9-11-22(20)14-15-33(30(37)31-21(2)23-12-6-5-7-13-23)19-25-16-24-17-27(35-3)28(36-4)18-26(24)32-29(25)34/h5-13,16-18,21H,14-15,19H2,1-4H3,(H,31,37)(H,32,34)/t21-/m0/s1. The Balaban J connectivity index is 1.62. The summed E-state index contributed by atoms with van der Waals surface area (Å²) in [7, 11) is 3.18. The van der Waals surface area contributed by atoms with E-state index in [0.717, 1.165) is 17.4 Å². The van der Waals surface area contributed by atoms with Crippen molar-refractivity contribution in [2.45, 2.75) is 32.9 Å². The van der Waals surface area contributed by atoms with Gasteiger partial charge in [-0.25, -0.2) is 0 Å². The zero-order valence-corrected chi connectivity index (χ0v) is 22.5. The van der Waals surface area contributed by atoms with Crippen LogP contribution in [0.4, 0.5) is 0 Å². The van der Waals surface area contributed by atoms with Gasteiger partial charge in [0, 0.05) is 23.6 Å². The molecule has 1 heterocycles. The number of benzene rings is 3. The van der Waals surface area contributed by atoms with Gasteiger partial charge in [0.15, 0.2) is 16.6 Å². The van der Waals surface area contributed by atoms with Gasteiger partial charge in [-0.15, -0.1) is 0 Å². The summed E-state index contributed by atoms with van der Waals surface area (Å²) < 4.78 is 10.8. The Hall–Kier alpha value is -3.84. The molecule has 4 aromatic rings. The van der Waals surface area contributed by atoms with Crippen LogP contribution in [0, 0.1) is 6.92 Å². The fraction of sp³-hybridized carbons (Fsp3) is 0.267. The summed E-state index contributed by atoms with van der Waals surface area (Å²) in [4.78, 5) is 18.2. The van der Waals surface area contributed by atoms with E-state index >= 15 is 0 Å². The minimum Gasteiger partial charge on any atom is -0.493 e. The molecule has 0 saturated carbocycles. The van der Waals surface area contributed by atoms with E-state index in [2.05, 4.69) is 59.4 Å². The molecule has 0 unspecified atom stereocenters. The van der Waals surface area contributed by atoms with E-state index in [4.69, 9.17) is 21.7 Å². The van der Waals surface area contributed by atoms with E-state index < -0.39 is 0 Å². The molecule has 0 saturated heterocycles. The molecular weight excluding hydrogens is 482 g/mol. The van der Waals surface area contributed by atoms with E-state index in [9.17, 15) is 4.79 Å². The zero-order chi connectivity index (χ0) is 26.4. The predicted molar refractivity (Wildman–Crippen MR) is 154 cm³/mol. The summed E-state index contributed by atoms with van der Waals surface area (Å²) in [6.45, 7) is 5.24. The molecule has 0 amide bonds. The summed E-state index contributed by atoms with van der Waals surface area (Å²) in [5.41, 5.74) is 4.81. The van der Waals surface area contributed by atoms with Crippen LogP contribution >= 0.6 is 12.2 Å². The van der Waals surface area contributed by atoms with Crippen molar-refractivity contribution in [3.63, 3.8) is 0 Å². The maximum atomic E-state index is 13.1. The third-order valence-corrected chi connectivity index (χ3v) is 7.00. The molecule has 0 radical (unpaired) electrons. The van der Waals surface area contributed by atoms with Crippen molar-refractivity contribution >= 4 is 28.2 Å². The lowest BCUT2D eigenvalue weighted by Crippen LogP contribution is -2.42. The molecule has 4 rings (SSSR count). The molecule has 192 valence electrons. The fourth-order valence-corrected chi connectivity index (χ4v) is 4.73. The first-order valence-corrected chi connectivity index (χ1v) is 12.7. The van der Waals surface area contributed by atoms with E-state index in [1.165, 1.54) is 11.1 Å². The summed E-state index contributed by atoms with van der Waals surface area (Å²) in [5, 5.41) is 4.94. The molecule has 37 heavy (non-hydrogen) atoms. The highest BCUT2D eigenvalue weighted by Gasteiger charge is 2.17. The number of nitrogens with one attached hydrogen (secondary N) is 2. The van der Waals surface area contributed by atoms with Gasteiger partial charge in [0.2, 0.25) is 0 Å². The van der Waals surface area contributed by atoms with E-state index in [-0.39, 0.29) is 11.6 Å². The number of thiocarbonyl (C=S) groups is 1. The number of hydrogen-bond acceptors (Lipinski definition) is 4. The number of H-pyrrole nitrogens is 1. The molecular formula is C30H33N3O3S. The van der Waals surface area contributed by atoms with Gasteiger partial charge in [0.1, 0.15) is 0 Å². The second-order valence-corrected chi connectivity index (χ2v) is 9.48. The monoisotopic (exact) mass is 515 g/mol. The second-order valence-electron chi connectivity index (χ2n) is 9.10. The van der Waals surface area contributed by atoms with E-state index in [1.54, 1.807) is 20.3 Å². The average molecular weight is 516 g/mol. The van der Waals surface area contributed by atoms with Crippen LogP contribution in [0.1, 0.15) is 35.2 Å². The number of pyridine rings is 1. The number of ether oxygens (including phenoxy) is 2. The first kappa shape index (κ1) is 26.2. The van der Waals surface area contributed by atoms with Gasteiger partial charge < -0.3 is 24.7 Å². The van der Waals surface area contributed by atoms with E-state index in [0.29, 0.717) is 40.8 Å². The van der Waals surface area contributed by atoms with Crippen molar-refractivity contribution in [2.24, 2.45) is 0 Å². The van der Waals surface area contributed by atoms with Gasteiger partial charge >= 0.3 is 0 Å². The van der Waals surface area contributed by atoms with Crippen molar-refractivity contribution < 1.29 is 9.47 Å². The zero-order valence-electron chi connectivity index (χ0n) is 21.7. The lowest BCUT2D eigenvalue weighted by molar-refractivity contribution is 0.355. The smallest absolute Gasteiger partial charge is 0.253 e. The molecule has 0 bridgehead atoms. The number of fused-ring (bicyclic) bond motifs is 1. The first-order valence-electron chi connectivity index (χ1n) is 12.3. The summed E-state index contributed by atoms with van der Waals surface area (Å²) in [6.07, 6.45) is 0.810. The first-order chi connectivity index (χ1) is 17.9. The molecule has 2 N–H and O–H groups in total. The molecule has 0 fully saturated rings. The number of rotatable bonds is 9. The number of nitrogens with zero attached hydrogens (tertiary/aromatic N) is 1. The quantitative estimate of drug-likeness (QED) is 0.286. The second kappa shape index (κ2) is 11.9. The summed E-state index contributed by atoms with van der Waals surface area (Å²) >= 11 is 5.88. The van der Waals surface area contributed by atoms with Crippen LogP contribution in [0.15, 0.2) is 77.6 Å². The SMILES string of the molecule is COc1cc2cc(CN(CCc3ccccc3C)C(=S)N[C@@H](C)c3ccccc3)c(=O)[nH]c2cc1OC. The Morgan fingerprint density at radius 2 is 1.65 bits per heavy atom. The molecule has 0 aliphatic carbocycles. The highest BCUT2D eigenvalue weighted by Crippen LogP contribution is 2.31. The molecule has 0 aliphatic rings. The Kier molecular flexibility index (Phi) is 8.46. The Morgan fingerprint density at radius 3 is 2.35 bits per heavy atom. The summed E-state index contributed by atoms with van der Waals surface area (Å²) in [6, 6.07) is 24.1. The Labute approximate surface area is 223 Å². The molecule has 3 aromatic carbocycles. The maximum Gasteiger partial charge on any atom is 0.253 e. The van der Waals surface area contributed by atoms with Gasteiger partial charge in [0.05, 0.1) is 32.3 Å². The number of aromatic amines is 1. The van der Waals surface area contributed by atoms with Crippen molar-refractivity contribution in [3.8, 4) is 11.5 Å². The van der Waals surface area contributed by atoms with Gasteiger partial charge in [-0.05, 0) is 61.3 Å². The maximum absolute atomic E-state index is 13.1. The summed E-state index contributed by atoms with van der Waals surface area (Å²) in [5.74, 6) is 1.18. The molecule has 0 aliphatic heterocycles. The highest BCUT2D eigenvalue weighted by molar-refractivity contribution is 7.80. The molecule has 0 spiro atoms. The minimum atomic E-state index is -0.153. The number of aryl methyl sites for hydroxylation is 1. The van der Waals surface area contributed by atoms with Crippen molar-refractivity contribution in [3.05, 3.63) is 105 Å². The van der Waals surface area contributed by atoms with Gasteiger partial charge in [-0.2, -0.15) is 0 Å². The lowest BCUT2D eigenvalue weighted by Gasteiger charge is -2.28. The fourth-order valence-electron chi connectivity index (χ4n) is 4.40. The lowest BCUT2D eigenvalue weighted by atomic mass is 10.1. The third-order valence-electron chi connectivity index (χ3n) is 6.63. The van der Waals surface area contributed by atoms with Crippen LogP contribution in [0.3, 0.4) is 0 Å². The van der Waals surface area contributed by atoms with Crippen molar-refractivity contribution in [1.82, 2.24) is 15.2 Å². The molecule has 6 nitrogen and oxygen atoms in total. The van der Waals surface area contributed by atoms with Gasteiger partial charge in [-0.3, -0.25) is 4.79 Å². The Morgan fingerprint density at radius 1 is 0.973 bits per heavy atom. The number of methoxy groups -OCH3 is 2. The molecule has 7 heteroatoms. The molecule has 1 atom stereocenters. The van der Waals surface area contributed by atoms with Crippen LogP contribution < -0.4 is 20.3 Å². The average Bonchev–Trinajstić information content (AvgIpc) is 2.91. The van der Waals surface area contributed by atoms with Crippen LogP contribution in [0.5, 0.6) is 11.5 Å². The van der Waals surface area contributed by atoms with Crippen LogP contribution in [-0.2, 0) is 13.0 Å². The van der Waals surface area contributed by atoms with Gasteiger partial charge in [0.25, 0.3) is 5.56 Å². The van der Waals surface area contributed by atoms with Crippen LogP contribution in [-0.4, -0.2) is 35.8 Å². The van der Waals surface area contributed by atoms with Crippen molar-refractivity contribution in [1.29, 1.82) is 0 Å². The predicted octanol–water partition coefficient (Wildman–Crippen LogP) is 5.53.